The Kier molecular flexibility index (Phi) is 9.26. The average molecular weight is 514 g/mol. The van der Waals surface area contributed by atoms with Gasteiger partial charge in [-0.05, 0) is 47.3 Å². The summed E-state index contributed by atoms with van der Waals surface area (Å²) in [6.45, 7) is 1.51. The molecule has 1 amide bonds. The number of hydrogen-bond acceptors (Lipinski definition) is 6. The van der Waals surface area contributed by atoms with Crippen molar-refractivity contribution in [2.24, 2.45) is 10.3 Å². The van der Waals surface area contributed by atoms with Gasteiger partial charge in [0.05, 0.1) is 0 Å². The second kappa shape index (κ2) is 12.6. The number of carbonyl (C=O) groups excluding carboxylic acids is 1. The van der Waals surface area contributed by atoms with Gasteiger partial charge in [-0.3, -0.25) is 4.79 Å². The lowest BCUT2D eigenvalue weighted by molar-refractivity contribution is -0.284. The lowest BCUT2D eigenvalue weighted by Crippen LogP contribution is -2.29. The van der Waals surface area contributed by atoms with Crippen LogP contribution >= 0.6 is 0 Å². The monoisotopic (exact) mass is 513 g/mol. The van der Waals surface area contributed by atoms with E-state index < -0.39 is 18.2 Å². The molecule has 0 aliphatic heterocycles. The highest BCUT2D eigenvalue weighted by Gasteiger charge is 2.34. The standard InChI is InChI=1S/C27H26F3N3O4/c1-18-8-7-11-22(24(32-35-3)25(34)31-2)23(18)17-36-33-26(37-27(28,29)30)21-14-12-20(13-15-21)16-19-9-5-4-6-10-19/h4-15H,16-17H2,1-3H3,(H,31,34)/b32-24+,33-26-. The molecule has 37 heavy (non-hydrogen) atoms. The predicted molar refractivity (Wildman–Crippen MR) is 133 cm³/mol. The van der Waals surface area contributed by atoms with E-state index in [9.17, 15) is 18.0 Å². The number of aryl methyl sites for hydroxylation is 1. The zero-order chi connectivity index (χ0) is 26.8. The Balaban J connectivity index is 1.85. The van der Waals surface area contributed by atoms with Gasteiger partial charge in [0.25, 0.3) is 11.8 Å². The Morgan fingerprint density at radius 1 is 0.919 bits per heavy atom. The zero-order valence-corrected chi connectivity index (χ0v) is 20.5. The van der Waals surface area contributed by atoms with Gasteiger partial charge in [-0.25, -0.2) is 0 Å². The van der Waals surface area contributed by atoms with Crippen LogP contribution in [0.15, 0.2) is 83.1 Å². The summed E-state index contributed by atoms with van der Waals surface area (Å²) in [5.74, 6) is -1.25. The Morgan fingerprint density at radius 3 is 2.22 bits per heavy atom. The van der Waals surface area contributed by atoms with E-state index in [-0.39, 0.29) is 17.9 Å². The Hall–Kier alpha value is -4.34. The molecule has 3 aromatic rings. The van der Waals surface area contributed by atoms with Gasteiger partial charge in [-0.2, -0.15) is 0 Å². The quantitative estimate of drug-likeness (QED) is 0.245. The fourth-order valence-electron chi connectivity index (χ4n) is 3.53. The van der Waals surface area contributed by atoms with E-state index in [1.165, 1.54) is 26.3 Å². The highest BCUT2D eigenvalue weighted by atomic mass is 19.4. The van der Waals surface area contributed by atoms with Crippen LogP contribution in [-0.2, 0) is 32.2 Å². The van der Waals surface area contributed by atoms with Crippen LogP contribution in [0.25, 0.3) is 0 Å². The molecular formula is C27H26F3N3O4. The van der Waals surface area contributed by atoms with E-state index in [1.54, 1.807) is 37.3 Å². The Morgan fingerprint density at radius 2 is 1.59 bits per heavy atom. The molecule has 10 heteroatoms. The Labute approximate surface area is 212 Å². The number of halogens is 3. The minimum Gasteiger partial charge on any atom is -0.398 e. The normalized spacial score (nSPS) is 12.2. The summed E-state index contributed by atoms with van der Waals surface area (Å²) in [6, 6.07) is 21.2. The summed E-state index contributed by atoms with van der Waals surface area (Å²) in [5, 5.41) is 9.90. The molecular weight excluding hydrogens is 487 g/mol. The van der Waals surface area contributed by atoms with E-state index in [4.69, 9.17) is 9.68 Å². The van der Waals surface area contributed by atoms with Crippen LogP contribution < -0.4 is 5.32 Å². The molecule has 0 saturated carbocycles. The highest BCUT2D eigenvalue weighted by Crippen LogP contribution is 2.22. The van der Waals surface area contributed by atoms with Crippen molar-refractivity contribution in [3.63, 3.8) is 0 Å². The summed E-state index contributed by atoms with van der Waals surface area (Å²) in [7, 11) is 2.74. The number of carbonyl (C=O) groups is 1. The molecule has 0 fully saturated rings. The number of benzene rings is 3. The number of oxime groups is 2. The molecule has 0 saturated heterocycles. The molecule has 0 heterocycles. The predicted octanol–water partition coefficient (Wildman–Crippen LogP) is 5.10. The summed E-state index contributed by atoms with van der Waals surface area (Å²) in [5.41, 5.74) is 3.65. The maximum atomic E-state index is 13.1. The van der Waals surface area contributed by atoms with Crippen molar-refractivity contribution in [2.75, 3.05) is 14.2 Å². The van der Waals surface area contributed by atoms with Crippen molar-refractivity contribution in [1.82, 2.24) is 5.32 Å². The highest BCUT2D eigenvalue weighted by molar-refractivity contribution is 6.45. The molecule has 194 valence electrons. The number of amides is 1. The third kappa shape index (κ3) is 7.83. The number of ether oxygens (including phenoxy) is 1. The van der Waals surface area contributed by atoms with E-state index >= 15 is 0 Å². The fraction of sp³-hybridized carbons (Fsp3) is 0.222. The molecule has 0 bridgehead atoms. The first kappa shape index (κ1) is 27.3. The first-order valence-corrected chi connectivity index (χ1v) is 11.2. The first-order chi connectivity index (χ1) is 17.7. The van der Waals surface area contributed by atoms with Crippen molar-refractivity contribution in [2.45, 2.75) is 26.3 Å². The molecule has 0 aromatic heterocycles. The molecule has 0 atom stereocenters. The smallest absolute Gasteiger partial charge is 0.398 e. The second-order valence-electron chi connectivity index (χ2n) is 7.88. The van der Waals surface area contributed by atoms with Gasteiger partial charge in [-0.15, -0.1) is 13.2 Å². The zero-order valence-electron chi connectivity index (χ0n) is 20.5. The number of likely N-dealkylation sites (N-methyl/N-ethyl adjacent to an activating group) is 1. The molecule has 0 aliphatic rings. The van der Waals surface area contributed by atoms with Gasteiger partial charge in [0.1, 0.15) is 13.7 Å². The topological polar surface area (TPSA) is 81.5 Å². The Bertz CT molecular complexity index is 1260. The third-order valence-corrected chi connectivity index (χ3v) is 5.31. The van der Waals surface area contributed by atoms with Gasteiger partial charge in [-0.1, -0.05) is 65.8 Å². The lowest BCUT2D eigenvalue weighted by atomic mass is 9.98. The van der Waals surface area contributed by atoms with Crippen LogP contribution in [0.2, 0.25) is 0 Å². The van der Waals surface area contributed by atoms with E-state index in [1.807, 2.05) is 30.3 Å². The lowest BCUT2D eigenvalue weighted by Gasteiger charge is -2.14. The third-order valence-electron chi connectivity index (χ3n) is 5.31. The van der Waals surface area contributed by atoms with Gasteiger partial charge in [0, 0.05) is 23.7 Å². The van der Waals surface area contributed by atoms with Gasteiger partial charge >= 0.3 is 6.36 Å². The SMILES string of the molecule is CNC(=O)/C(=N/OC)c1cccc(C)c1CO/N=C(\OC(F)(F)F)c1ccc(Cc2ccccc2)cc1. The number of hydrogen-bond donors (Lipinski definition) is 1. The molecule has 3 aromatic carbocycles. The van der Waals surface area contributed by atoms with Gasteiger partial charge in [0.15, 0.2) is 5.71 Å². The minimum atomic E-state index is -4.98. The summed E-state index contributed by atoms with van der Waals surface area (Å²) >= 11 is 0. The summed E-state index contributed by atoms with van der Waals surface area (Å²) in [4.78, 5) is 22.4. The number of alkyl halides is 3. The molecule has 7 nitrogen and oxygen atoms in total. The van der Waals surface area contributed by atoms with Crippen LogP contribution in [0.1, 0.15) is 33.4 Å². The molecule has 0 radical (unpaired) electrons. The molecule has 1 N–H and O–H groups in total. The van der Waals surface area contributed by atoms with Crippen LogP contribution in [-0.4, -0.2) is 38.0 Å². The molecule has 0 aliphatic carbocycles. The van der Waals surface area contributed by atoms with E-state index in [0.717, 1.165) is 11.1 Å². The van der Waals surface area contributed by atoms with Crippen LogP contribution in [0, 0.1) is 6.92 Å². The molecule has 0 spiro atoms. The van der Waals surface area contributed by atoms with Crippen molar-refractivity contribution < 1.29 is 32.4 Å². The van der Waals surface area contributed by atoms with Gasteiger partial charge in [0.2, 0.25) is 0 Å². The molecule has 3 rings (SSSR count). The number of nitrogens with zero attached hydrogens (tertiary/aromatic N) is 2. The van der Waals surface area contributed by atoms with Crippen molar-refractivity contribution in [1.29, 1.82) is 0 Å². The van der Waals surface area contributed by atoms with E-state index in [0.29, 0.717) is 23.1 Å². The van der Waals surface area contributed by atoms with Crippen LogP contribution in [0.5, 0.6) is 0 Å². The summed E-state index contributed by atoms with van der Waals surface area (Å²) in [6.07, 6.45) is -4.35. The number of nitrogens with one attached hydrogen (secondary N) is 1. The van der Waals surface area contributed by atoms with E-state index in [2.05, 4.69) is 20.4 Å². The summed E-state index contributed by atoms with van der Waals surface area (Å²) < 4.78 is 43.5. The second-order valence-corrected chi connectivity index (χ2v) is 7.88. The van der Waals surface area contributed by atoms with Crippen molar-refractivity contribution in [3.8, 4) is 0 Å². The average Bonchev–Trinajstić information content (AvgIpc) is 2.87. The number of rotatable bonds is 9. The van der Waals surface area contributed by atoms with Crippen molar-refractivity contribution in [3.05, 3.63) is 106 Å². The maximum absolute atomic E-state index is 13.1. The maximum Gasteiger partial charge on any atom is 0.574 e. The minimum absolute atomic E-state index is 0.0166. The first-order valence-electron chi connectivity index (χ1n) is 11.2. The fourth-order valence-corrected chi connectivity index (χ4v) is 3.53. The largest absolute Gasteiger partial charge is 0.574 e. The van der Waals surface area contributed by atoms with Gasteiger partial charge < -0.3 is 19.7 Å². The van der Waals surface area contributed by atoms with Crippen LogP contribution in [0.4, 0.5) is 13.2 Å². The van der Waals surface area contributed by atoms with Crippen molar-refractivity contribution >= 4 is 17.5 Å². The van der Waals surface area contributed by atoms with Crippen LogP contribution in [0.3, 0.4) is 0 Å². The molecule has 0 unspecified atom stereocenters.